The fourth-order valence-corrected chi connectivity index (χ4v) is 5.36. The first-order chi connectivity index (χ1) is 12.6. The number of sulfonamides is 1. The lowest BCUT2D eigenvalue weighted by atomic mass is 10.2. The van der Waals surface area contributed by atoms with E-state index in [0.29, 0.717) is 15.9 Å². The van der Waals surface area contributed by atoms with Gasteiger partial charge in [0.15, 0.2) is 0 Å². The maximum absolute atomic E-state index is 12.3. The molecule has 1 aliphatic rings. The summed E-state index contributed by atoms with van der Waals surface area (Å²) < 4.78 is 29.7. The molecule has 0 unspecified atom stereocenters. The number of aromatic nitrogens is 3. The van der Waals surface area contributed by atoms with Crippen molar-refractivity contribution in [2.45, 2.75) is 42.5 Å². The third-order valence-electron chi connectivity index (χ3n) is 4.59. The molecule has 26 heavy (non-hydrogen) atoms. The molecule has 0 amide bonds. The average molecular weight is 389 g/mol. The molecule has 6 nitrogen and oxygen atoms in total. The van der Waals surface area contributed by atoms with E-state index in [1.807, 2.05) is 28.9 Å². The van der Waals surface area contributed by atoms with Crippen LogP contribution in [0.4, 0.5) is 0 Å². The third kappa shape index (κ3) is 3.58. The highest BCUT2D eigenvalue weighted by molar-refractivity contribution is 7.91. The van der Waals surface area contributed by atoms with E-state index in [-0.39, 0.29) is 6.54 Å². The summed E-state index contributed by atoms with van der Waals surface area (Å²) in [7, 11) is -3.50. The van der Waals surface area contributed by atoms with Crippen LogP contribution in [0.15, 0.2) is 52.2 Å². The predicted molar refractivity (Wildman–Crippen MR) is 101 cm³/mol. The molecule has 0 atom stereocenters. The Morgan fingerprint density at radius 1 is 1.19 bits per heavy atom. The van der Waals surface area contributed by atoms with Crippen LogP contribution < -0.4 is 4.72 Å². The Hall–Kier alpha value is -2.03. The maximum Gasteiger partial charge on any atom is 0.250 e. The van der Waals surface area contributed by atoms with Crippen molar-refractivity contribution in [2.24, 2.45) is 0 Å². The molecule has 0 radical (unpaired) electrons. The van der Waals surface area contributed by atoms with Crippen molar-refractivity contribution in [3.8, 4) is 11.4 Å². The first-order valence-electron chi connectivity index (χ1n) is 8.66. The van der Waals surface area contributed by atoms with Gasteiger partial charge in [-0.25, -0.2) is 13.1 Å². The van der Waals surface area contributed by atoms with E-state index in [1.54, 1.807) is 23.7 Å². The van der Waals surface area contributed by atoms with Crippen molar-refractivity contribution in [1.29, 1.82) is 0 Å². The van der Waals surface area contributed by atoms with Crippen LogP contribution in [0.25, 0.3) is 11.4 Å². The van der Waals surface area contributed by atoms with Crippen LogP contribution >= 0.6 is 11.3 Å². The Balaban J connectivity index is 1.61. The molecule has 136 valence electrons. The van der Waals surface area contributed by atoms with Gasteiger partial charge in [-0.15, -0.1) is 11.3 Å². The van der Waals surface area contributed by atoms with Gasteiger partial charge in [-0.3, -0.25) is 9.67 Å². The number of thiophene rings is 1. The van der Waals surface area contributed by atoms with Crippen LogP contribution in [0, 0.1) is 0 Å². The summed E-state index contributed by atoms with van der Waals surface area (Å²) in [6.07, 6.45) is 6.36. The number of nitrogens with zero attached hydrogens (tertiary/aromatic N) is 3. The van der Waals surface area contributed by atoms with E-state index in [2.05, 4.69) is 9.71 Å². The summed E-state index contributed by atoms with van der Waals surface area (Å²) in [5.74, 6) is 0. The minimum Gasteiger partial charge on any atom is -0.260 e. The molecule has 1 fully saturated rings. The molecule has 1 aliphatic carbocycles. The van der Waals surface area contributed by atoms with Crippen LogP contribution in [0.1, 0.15) is 37.4 Å². The fraction of sp³-hybridized carbons (Fsp3) is 0.333. The lowest BCUT2D eigenvalue weighted by Gasteiger charge is -2.13. The monoisotopic (exact) mass is 388 g/mol. The third-order valence-corrected chi connectivity index (χ3v) is 7.39. The number of hydrogen-bond donors (Lipinski definition) is 1. The van der Waals surface area contributed by atoms with E-state index < -0.39 is 10.0 Å². The summed E-state index contributed by atoms with van der Waals surface area (Å²) in [5.41, 5.74) is 2.51. The predicted octanol–water partition coefficient (Wildman–Crippen LogP) is 3.60. The molecule has 0 bridgehead atoms. The van der Waals surface area contributed by atoms with Gasteiger partial charge >= 0.3 is 0 Å². The summed E-state index contributed by atoms with van der Waals surface area (Å²) in [6, 6.07) is 11.4. The van der Waals surface area contributed by atoms with Gasteiger partial charge in [0.25, 0.3) is 0 Å². The Morgan fingerprint density at radius 2 is 2.04 bits per heavy atom. The number of pyridine rings is 1. The minimum absolute atomic E-state index is 0.166. The van der Waals surface area contributed by atoms with Crippen LogP contribution in [-0.2, 0) is 16.6 Å². The van der Waals surface area contributed by atoms with E-state index in [1.165, 1.54) is 24.2 Å². The normalized spacial score (nSPS) is 15.5. The first-order valence-corrected chi connectivity index (χ1v) is 11.0. The van der Waals surface area contributed by atoms with Crippen LogP contribution in [-0.4, -0.2) is 23.2 Å². The van der Waals surface area contributed by atoms with Crippen molar-refractivity contribution >= 4 is 21.4 Å². The zero-order valence-corrected chi connectivity index (χ0v) is 15.8. The zero-order valence-electron chi connectivity index (χ0n) is 14.2. The highest BCUT2D eigenvalue weighted by Crippen LogP contribution is 2.33. The van der Waals surface area contributed by atoms with Crippen molar-refractivity contribution in [1.82, 2.24) is 19.5 Å². The first kappa shape index (κ1) is 17.4. The number of nitrogens with one attached hydrogen (secondary N) is 1. The van der Waals surface area contributed by atoms with Gasteiger partial charge in [0.05, 0.1) is 29.7 Å². The molecule has 8 heteroatoms. The van der Waals surface area contributed by atoms with Gasteiger partial charge in [0, 0.05) is 6.20 Å². The van der Waals surface area contributed by atoms with E-state index in [9.17, 15) is 8.42 Å². The average Bonchev–Trinajstić information content (AvgIpc) is 3.42. The molecule has 1 N–H and O–H groups in total. The molecular formula is C18H20N4O2S2. The summed E-state index contributed by atoms with van der Waals surface area (Å²) in [5, 5.41) is 6.46. The smallest absolute Gasteiger partial charge is 0.250 e. The molecule has 0 spiro atoms. The second-order valence-corrected chi connectivity index (χ2v) is 9.32. The van der Waals surface area contributed by atoms with Gasteiger partial charge in [-0.05, 0) is 42.5 Å². The van der Waals surface area contributed by atoms with Gasteiger partial charge in [0.2, 0.25) is 10.0 Å². The second-order valence-electron chi connectivity index (χ2n) is 6.38. The van der Waals surface area contributed by atoms with E-state index in [0.717, 1.165) is 24.2 Å². The molecule has 0 aliphatic heterocycles. The summed E-state index contributed by atoms with van der Waals surface area (Å²) in [6.45, 7) is 0.166. The Bertz CT molecular complexity index is 960. The van der Waals surface area contributed by atoms with Crippen LogP contribution in [0.3, 0.4) is 0 Å². The second kappa shape index (κ2) is 7.30. The van der Waals surface area contributed by atoms with Crippen molar-refractivity contribution in [2.75, 3.05) is 0 Å². The molecule has 1 saturated carbocycles. The van der Waals surface area contributed by atoms with Gasteiger partial charge in [-0.1, -0.05) is 25.0 Å². The maximum atomic E-state index is 12.3. The van der Waals surface area contributed by atoms with Crippen LogP contribution in [0.5, 0.6) is 0 Å². The lowest BCUT2D eigenvalue weighted by Crippen LogP contribution is -2.22. The summed E-state index contributed by atoms with van der Waals surface area (Å²) >= 11 is 1.20. The zero-order chi connectivity index (χ0) is 18.0. The van der Waals surface area contributed by atoms with Crippen LogP contribution in [0.2, 0.25) is 0 Å². The van der Waals surface area contributed by atoms with Gasteiger partial charge in [-0.2, -0.15) is 5.10 Å². The SMILES string of the molecule is O=S(=O)(NCc1cc(-c2ccccn2)n(C2CCCC2)n1)c1cccs1. The standard InChI is InChI=1S/C18H20N4O2S2/c23-26(24,18-9-5-11-25-18)20-13-14-12-17(16-8-3-4-10-19-16)22(21-14)15-6-1-2-7-15/h3-5,8-12,15,20H,1-2,6-7,13H2. The Labute approximate surface area is 157 Å². The fourth-order valence-electron chi connectivity index (χ4n) is 3.32. The summed E-state index contributed by atoms with van der Waals surface area (Å²) in [4.78, 5) is 4.45. The molecule has 3 aromatic heterocycles. The molecule has 4 rings (SSSR count). The Morgan fingerprint density at radius 3 is 2.73 bits per heavy atom. The molecule has 3 aromatic rings. The number of hydrogen-bond acceptors (Lipinski definition) is 5. The van der Waals surface area contributed by atoms with Crippen molar-refractivity contribution in [3.05, 3.63) is 53.7 Å². The molecule has 3 heterocycles. The molecule has 0 aromatic carbocycles. The quantitative estimate of drug-likeness (QED) is 0.700. The highest BCUT2D eigenvalue weighted by Gasteiger charge is 2.23. The largest absolute Gasteiger partial charge is 0.260 e. The minimum atomic E-state index is -3.50. The van der Waals surface area contributed by atoms with Crippen molar-refractivity contribution < 1.29 is 8.42 Å². The topological polar surface area (TPSA) is 76.9 Å². The van der Waals surface area contributed by atoms with Crippen molar-refractivity contribution in [3.63, 3.8) is 0 Å². The lowest BCUT2D eigenvalue weighted by molar-refractivity contribution is 0.466. The number of rotatable bonds is 6. The van der Waals surface area contributed by atoms with Gasteiger partial charge < -0.3 is 0 Å². The molecular weight excluding hydrogens is 368 g/mol. The Kier molecular flexibility index (Phi) is 4.88. The van der Waals surface area contributed by atoms with Gasteiger partial charge in [0.1, 0.15) is 4.21 Å². The highest BCUT2D eigenvalue weighted by atomic mass is 32.2. The van der Waals surface area contributed by atoms with E-state index in [4.69, 9.17) is 5.10 Å². The molecule has 0 saturated heterocycles. The van der Waals surface area contributed by atoms with E-state index >= 15 is 0 Å².